The number of rotatable bonds is 4. The van der Waals surface area contributed by atoms with E-state index < -0.39 is 60.2 Å². The van der Waals surface area contributed by atoms with Gasteiger partial charge in [0.05, 0.1) is 18.0 Å². The third-order valence-electron chi connectivity index (χ3n) is 5.61. The lowest BCUT2D eigenvalue weighted by Crippen LogP contribution is -2.57. The number of carbonyl (C=O) groups excluding carboxylic acids is 4. The summed E-state index contributed by atoms with van der Waals surface area (Å²) in [5, 5.41) is 20.1. The maximum Gasteiger partial charge on any atom is 0.326 e. The number of aliphatic carboxylic acids is 1. The Morgan fingerprint density at radius 1 is 1.00 bits per heavy atom. The van der Waals surface area contributed by atoms with Crippen molar-refractivity contribution < 1.29 is 33.8 Å². The average Bonchev–Trinajstić information content (AvgIpc) is 2.79. The molecular weight excluding hydrogens is 468 g/mol. The number of para-hydroxylation sites is 1. The van der Waals surface area contributed by atoms with Crippen molar-refractivity contribution in [1.82, 2.24) is 21.3 Å². The van der Waals surface area contributed by atoms with Crippen LogP contribution in [-0.4, -0.2) is 65.5 Å². The molecule has 11 nitrogen and oxygen atoms in total. The minimum Gasteiger partial charge on any atom is -0.491 e. The Balaban J connectivity index is 2.43. The molecule has 5 N–H and O–H groups in total. The Bertz CT molecular complexity index is 979. The van der Waals surface area contributed by atoms with Crippen molar-refractivity contribution in [1.29, 1.82) is 0 Å². The molecule has 4 atom stereocenters. The van der Waals surface area contributed by atoms with Crippen molar-refractivity contribution in [3.8, 4) is 5.75 Å². The van der Waals surface area contributed by atoms with E-state index in [2.05, 4.69) is 21.3 Å². The lowest BCUT2D eigenvalue weighted by molar-refractivity contribution is -0.141. The zero-order valence-corrected chi connectivity index (χ0v) is 21.3. The van der Waals surface area contributed by atoms with Crippen LogP contribution in [0.3, 0.4) is 0 Å². The Morgan fingerprint density at radius 2 is 1.67 bits per heavy atom. The molecule has 1 aromatic carbocycles. The zero-order chi connectivity index (χ0) is 27.0. The lowest BCUT2D eigenvalue weighted by Gasteiger charge is -2.27. The van der Waals surface area contributed by atoms with Gasteiger partial charge in [0.1, 0.15) is 30.5 Å². The fraction of sp³-hybridized carbons (Fsp3) is 0.560. The third kappa shape index (κ3) is 8.24. The summed E-state index contributed by atoms with van der Waals surface area (Å²) in [6.45, 7) is 9.05. The first-order chi connectivity index (χ1) is 16.9. The summed E-state index contributed by atoms with van der Waals surface area (Å²) in [6.07, 6.45) is -0.317. The highest BCUT2D eigenvalue weighted by atomic mass is 16.5. The smallest absolute Gasteiger partial charge is 0.326 e. The molecule has 36 heavy (non-hydrogen) atoms. The molecule has 0 bridgehead atoms. The first-order valence-corrected chi connectivity index (χ1v) is 12.0. The van der Waals surface area contributed by atoms with Crippen molar-refractivity contribution in [3.05, 3.63) is 29.8 Å². The number of ether oxygens (including phenoxy) is 1. The van der Waals surface area contributed by atoms with Crippen LogP contribution < -0.4 is 26.0 Å². The van der Waals surface area contributed by atoms with Gasteiger partial charge in [0.15, 0.2) is 0 Å². The molecule has 0 radical (unpaired) electrons. The molecule has 0 aromatic heterocycles. The summed E-state index contributed by atoms with van der Waals surface area (Å²) in [4.78, 5) is 63.5. The highest BCUT2D eigenvalue weighted by Gasteiger charge is 2.32. The minimum absolute atomic E-state index is 0.0186. The van der Waals surface area contributed by atoms with Gasteiger partial charge in [-0.05, 0) is 37.3 Å². The van der Waals surface area contributed by atoms with Crippen molar-refractivity contribution in [2.45, 2.75) is 71.6 Å². The molecule has 1 heterocycles. The Morgan fingerprint density at radius 3 is 2.28 bits per heavy atom. The number of carboxylic acids is 1. The van der Waals surface area contributed by atoms with Crippen LogP contribution in [0.5, 0.6) is 5.75 Å². The van der Waals surface area contributed by atoms with Crippen molar-refractivity contribution in [2.75, 3.05) is 6.61 Å². The monoisotopic (exact) mass is 504 g/mol. The second-order valence-electron chi connectivity index (χ2n) is 9.77. The zero-order valence-electron chi connectivity index (χ0n) is 21.3. The molecule has 0 aliphatic carbocycles. The summed E-state index contributed by atoms with van der Waals surface area (Å²) in [5.74, 6) is -3.86. The minimum atomic E-state index is -1.53. The van der Waals surface area contributed by atoms with E-state index in [1.807, 2.05) is 13.8 Å². The fourth-order valence-electron chi connectivity index (χ4n) is 3.74. The number of hydrogen-bond acceptors (Lipinski definition) is 6. The van der Waals surface area contributed by atoms with Crippen LogP contribution >= 0.6 is 0 Å². The maximum atomic E-state index is 13.1. The maximum absolute atomic E-state index is 13.1. The molecule has 1 aliphatic heterocycles. The number of amides is 4. The van der Waals surface area contributed by atoms with Crippen LogP contribution in [0.25, 0.3) is 0 Å². The third-order valence-corrected chi connectivity index (χ3v) is 5.61. The van der Waals surface area contributed by atoms with E-state index in [1.165, 1.54) is 6.07 Å². The number of fused-ring (bicyclic) bond motifs is 1. The highest BCUT2D eigenvalue weighted by molar-refractivity contribution is 6.00. The molecule has 198 valence electrons. The average molecular weight is 505 g/mol. The quantitative estimate of drug-likeness (QED) is 0.405. The van der Waals surface area contributed by atoms with Gasteiger partial charge in [-0.1, -0.05) is 39.8 Å². The predicted octanol–water partition coefficient (Wildman–Crippen LogP) is 0.829. The first kappa shape index (κ1) is 28.6. The molecule has 1 aromatic rings. The van der Waals surface area contributed by atoms with Gasteiger partial charge in [-0.2, -0.15) is 0 Å². The van der Waals surface area contributed by atoms with Crippen molar-refractivity contribution in [3.63, 3.8) is 0 Å². The number of hydrogen-bond donors (Lipinski definition) is 5. The largest absolute Gasteiger partial charge is 0.491 e. The number of benzene rings is 1. The van der Waals surface area contributed by atoms with Gasteiger partial charge in [0.25, 0.3) is 5.91 Å². The predicted molar refractivity (Wildman–Crippen MR) is 131 cm³/mol. The Hall–Kier alpha value is -3.63. The summed E-state index contributed by atoms with van der Waals surface area (Å²) in [5.41, 5.74) is 0.0848. The van der Waals surface area contributed by atoms with E-state index in [1.54, 1.807) is 39.0 Å². The van der Waals surface area contributed by atoms with Crippen molar-refractivity contribution in [2.24, 2.45) is 11.8 Å². The van der Waals surface area contributed by atoms with Gasteiger partial charge >= 0.3 is 5.97 Å². The van der Waals surface area contributed by atoms with Crippen LogP contribution in [0.4, 0.5) is 0 Å². The molecule has 0 saturated heterocycles. The van der Waals surface area contributed by atoms with E-state index in [4.69, 9.17) is 4.74 Å². The lowest BCUT2D eigenvalue weighted by atomic mass is 9.99. The molecule has 11 heteroatoms. The molecule has 0 saturated carbocycles. The summed E-state index contributed by atoms with van der Waals surface area (Å²) >= 11 is 0. The van der Waals surface area contributed by atoms with Gasteiger partial charge < -0.3 is 31.1 Å². The standard InChI is InChI=1S/C25H36N4O7/c1-13(2)10-17-23(32)29-21(14(3)4)24(33)26-15(5)12-36-19-9-7-6-8-16(19)22(31)28-18(25(34)35)11-20(30)27-17/h6-9,13-15,17-18,21H,10-12H2,1-5H3,(H,26,33)(H,27,30)(H,28,31)(H,29,32)(H,34,35)/t15-,17-,18-,21+/m0/s1. The fourth-order valence-corrected chi connectivity index (χ4v) is 3.74. The first-order valence-electron chi connectivity index (χ1n) is 12.0. The van der Waals surface area contributed by atoms with Gasteiger partial charge in [-0.25, -0.2) is 4.79 Å². The van der Waals surface area contributed by atoms with Gasteiger partial charge in [0, 0.05) is 0 Å². The van der Waals surface area contributed by atoms with Crippen LogP contribution in [0.15, 0.2) is 24.3 Å². The van der Waals surface area contributed by atoms with Crippen LogP contribution in [0.1, 0.15) is 57.8 Å². The number of carbonyl (C=O) groups is 5. The molecule has 1 aliphatic rings. The summed E-state index contributed by atoms with van der Waals surface area (Å²) in [6, 6.07) is 2.40. The molecule has 2 rings (SSSR count). The Labute approximate surface area is 210 Å². The topological polar surface area (TPSA) is 163 Å². The second-order valence-corrected chi connectivity index (χ2v) is 9.77. The van der Waals surface area contributed by atoms with Crippen LogP contribution in [0, 0.1) is 11.8 Å². The summed E-state index contributed by atoms with van der Waals surface area (Å²) in [7, 11) is 0. The molecule has 4 amide bonds. The molecule has 0 spiro atoms. The van der Waals surface area contributed by atoms with Gasteiger partial charge in [-0.15, -0.1) is 0 Å². The number of nitrogens with one attached hydrogen (secondary N) is 4. The van der Waals surface area contributed by atoms with Gasteiger partial charge in [0.2, 0.25) is 17.7 Å². The molecule has 0 fully saturated rings. The SMILES string of the molecule is CC(C)C[C@@H]1NC(=O)C[C@@H](C(=O)O)NC(=O)c2ccccc2OC[C@H](C)NC(=O)[C@@H](C(C)C)NC1=O. The van der Waals surface area contributed by atoms with Crippen LogP contribution in [-0.2, 0) is 19.2 Å². The molecular formula is C25H36N4O7. The Kier molecular flexibility index (Phi) is 10.2. The van der Waals surface area contributed by atoms with Crippen LogP contribution in [0.2, 0.25) is 0 Å². The van der Waals surface area contributed by atoms with Gasteiger partial charge in [-0.3, -0.25) is 19.2 Å². The van der Waals surface area contributed by atoms with E-state index in [0.29, 0.717) is 0 Å². The van der Waals surface area contributed by atoms with Crippen molar-refractivity contribution >= 4 is 29.6 Å². The van der Waals surface area contributed by atoms with E-state index in [9.17, 15) is 29.1 Å². The highest BCUT2D eigenvalue weighted by Crippen LogP contribution is 2.19. The van der Waals surface area contributed by atoms with E-state index >= 15 is 0 Å². The van der Waals surface area contributed by atoms with E-state index in [0.717, 1.165) is 0 Å². The molecule has 0 unspecified atom stereocenters. The van der Waals surface area contributed by atoms with E-state index in [-0.39, 0.29) is 36.2 Å². The second kappa shape index (κ2) is 12.9. The number of carboxylic acid groups (broad SMARTS) is 1. The normalized spacial score (nSPS) is 24.5. The summed E-state index contributed by atoms with van der Waals surface area (Å²) < 4.78 is 5.75.